The lowest BCUT2D eigenvalue weighted by atomic mass is 9.92. The van der Waals surface area contributed by atoms with E-state index in [2.05, 4.69) is 10.3 Å². The molecule has 3 N–H and O–H groups in total. The summed E-state index contributed by atoms with van der Waals surface area (Å²) in [4.78, 5) is 17.7. The molecule has 7 heteroatoms. The number of hydrogen-bond donors (Lipinski definition) is 2. The number of hydrogen-bond acceptors (Lipinski definition) is 6. The van der Waals surface area contributed by atoms with Crippen LogP contribution in [0.5, 0.6) is 11.5 Å². The fraction of sp³-hybridized carbons (Fsp3) is 0.412. The van der Waals surface area contributed by atoms with Gasteiger partial charge >= 0.3 is 5.69 Å². The second-order valence-corrected chi connectivity index (χ2v) is 7.18. The molecule has 6 nitrogen and oxygen atoms in total. The molecule has 126 valence electrons. The Morgan fingerprint density at radius 3 is 2.83 bits per heavy atom. The number of nitrogens with one attached hydrogen (secondary N) is 1. The average Bonchev–Trinajstić information content (AvgIpc) is 2.60. The highest BCUT2D eigenvalue weighted by molar-refractivity contribution is 7.98. The Labute approximate surface area is 144 Å². The van der Waals surface area contributed by atoms with Crippen LogP contribution < -0.4 is 21.5 Å². The minimum Gasteiger partial charge on any atom is -0.450 e. The Morgan fingerprint density at radius 2 is 2.08 bits per heavy atom. The van der Waals surface area contributed by atoms with Crippen LogP contribution >= 0.6 is 11.8 Å². The maximum Gasteiger partial charge on any atom is 0.350 e. The van der Waals surface area contributed by atoms with Crippen molar-refractivity contribution >= 4 is 23.3 Å². The lowest BCUT2D eigenvalue weighted by molar-refractivity contribution is 0.312. The second kappa shape index (κ2) is 6.14. The fourth-order valence-corrected chi connectivity index (χ4v) is 3.77. The highest BCUT2D eigenvalue weighted by atomic mass is 32.2. The lowest BCUT2D eigenvalue weighted by Gasteiger charge is -2.28. The first-order valence-corrected chi connectivity index (χ1v) is 9.38. The number of aromatic nitrogens is 2. The van der Waals surface area contributed by atoms with Gasteiger partial charge in [0, 0.05) is 17.0 Å². The maximum atomic E-state index is 12.4. The van der Waals surface area contributed by atoms with Crippen LogP contribution in [0, 0.1) is 0 Å². The number of ether oxygens (including phenoxy) is 1. The van der Waals surface area contributed by atoms with Gasteiger partial charge in [-0.1, -0.05) is 0 Å². The third-order valence-electron chi connectivity index (χ3n) is 4.71. The number of anilines is 2. The minimum atomic E-state index is -0.241. The van der Waals surface area contributed by atoms with Crippen molar-refractivity contribution in [3.8, 4) is 11.5 Å². The second-order valence-electron chi connectivity index (χ2n) is 6.30. The highest BCUT2D eigenvalue weighted by Gasteiger charge is 2.25. The summed E-state index contributed by atoms with van der Waals surface area (Å²) in [6.07, 6.45) is 7.49. The van der Waals surface area contributed by atoms with E-state index in [0.29, 0.717) is 11.6 Å². The summed E-state index contributed by atoms with van der Waals surface area (Å²) in [6.45, 7) is 0. The van der Waals surface area contributed by atoms with Gasteiger partial charge in [-0.15, -0.1) is 11.8 Å². The van der Waals surface area contributed by atoms with E-state index < -0.39 is 0 Å². The van der Waals surface area contributed by atoms with Crippen molar-refractivity contribution in [2.24, 2.45) is 5.73 Å². The van der Waals surface area contributed by atoms with Crippen molar-refractivity contribution in [1.82, 2.24) is 9.55 Å². The van der Waals surface area contributed by atoms with Gasteiger partial charge in [0.2, 0.25) is 0 Å². The summed E-state index contributed by atoms with van der Waals surface area (Å²) < 4.78 is 7.67. The molecule has 0 atom stereocenters. The first-order chi connectivity index (χ1) is 11.6. The van der Waals surface area contributed by atoms with E-state index in [0.717, 1.165) is 42.0 Å². The molecule has 1 aliphatic heterocycles. The number of nitrogens with two attached hydrogens (primary N) is 1. The van der Waals surface area contributed by atoms with Crippen molar-refractivity contribution in [2.45, 2.75) is 42.7 Å². The molecule has 0 amide bonds. The van der Waals surface area contributed by atoms with Crippen LogP contribution in [0.25, 0.3) is 0 Å². The first kappa shape index (κ1) is 15.5. The Kier molecular flexibility index (Phi) is 3.97. The molecule has 2 aliphatic rings. The highest BCUT2D eigenvalue weighted by Crippen LogP contribution is 2.42. The molecule has 1 aliphatic carbocycles. The Bertz CT molecular complexity index is 828. The van der Waals surface area contributed by atoms with Crippen molar-refractivity contribution in [3.05, 3.63) is 34.9 Å². The summed E-state index contributed by atoms with van der Waals surface area (Å²) in [6, 6.07) is 6.35. The standard InChI is InChI=1S/C17H20N4O2S/c1-24-12-6-7-14-13(8-12)19-16-15(23-14)9-21(17(22)20-16)11-4-2-10(18)3-5-11/h6-11H,2-5,18H2,1H3,(H,19,20,22). The van der Waals surface area contributed by atoms with Gasteiger partial charge in [0.05, 0.1) is 11.9 Å². The van der Waals surface area contributed by atoms with Gasteiger partial charge in [0.25, 0.3) is 0 Å². The average molecular weight is 344 g/mol. The number of benzene rings is 1. The van der Waals surface area contributed by atoms with Crippen molar-refractivity contribution in [2.75, 3.05) is 11.6 Å². The van der Waals surface area contributed by atoms with Gasteiger partial charge < -0.3 is 15.8 Å². The summed E-state index contributed by atoms with van der Waals surface area (Å²) in [5, 5.41) is 3.21. The smallest absolute Gasteiger partial charge is 0.350 e. The lowest BCUT2D eigenvalue weighted by Crippen LogP contribution is -2.33. The molecule has 1 aromatic heterocycles. The van der Waals surface area contributed by atoms with Crippen LogP contribution in [-0.4, -0.2) is 21.8 Å². The van der Waals surface area contributed by atoms with E-state index in [1.165, 1.54) is 0 Å². The van der Waals surface area contributed by atoms with Crippen LogP contribution in [0.15, 0.2) is 34.1 Å². The Hall–Kier alpha value is -1.99. The molecule has 1 saturated carbocycles. The van der Waals surface area contributed by atoms with Crippen LogP contribution in [0.2, 0.25) is 0 Å². The molecule has 0 spiro atoms. The molecule has 24 heavy (non-hydrogen) atoms. The van der Waals surface area contributed by atoms with Gasteiger partial charge in [-0.05, 0) is 50.1 Å². The van der Waals surface area contributed by atoms with Crippen molar-refractivity contribution in [3.63, 3.8) is 0 Å². The minimum absolute atomic E-state index is 0.152. The summed E-state index contributed by atoms with van der Waals surface area (Å²) >= 11 is 1.66. The first-order valence-electron chi connectivity index (χ1n) is 8.15. The van der Waals surface area contributed by atoms with Crippen molar-refractivity contribution < 1.29 is 4.74 Å². The zero-order chi connectivity index (χ0) is 16.7. The van der Waals surface area contributed by atoms with Gasteiger partial charge in [-0.25, -0.2) is 4.79 Å². The van der Waals surface area contributed by atoms with E-state index in [4.69, 9.17) is 10.5 Å². The zero-order valence-electron chi connectivity index (χ0n) is 13.5. The molecule has 2 aromatic rings. The Morgan fingerprint density at radius 1 is 1.29 bits per heavy atom. The maximum absolute atomic E-state index is 12.4. The molecular formula is C17H20N4O2S. The van der Waals surface area contributed by atoms with E-state index >= 15 is 0 Å². The molecular weight excluding hydrogens is 324 g/mol. The molecule has 0 saturated heterocycles. The van der Waals surface area contributed by atoms with E-state index in [1.54, 1.807) is 22.5 Å². The molecule has 2 heterocycles. The normalized spacial score (nSPS) is 22.1. The third-order valence-corrected chi connectivity index (χ3v) is 5.44. The zero-order valence-corrected chi connectivity index (χ0v) is 14.3. The SMILES string of the molecule is CSc1ccc2c(c1)Nc1nc(=O)n(C3CCC(N)CC3)cc1O2. The molecule has 4 rings (SSSR count). The molecule has 1 fully saturated rings. The van der Waals surface area contributed by atoms with Crippen molar-refractivity contribution in [1.29, 1.82) is 0 Å². The van der Waals surface area contributed by atoms with Gasteiger partial charge in [-0.3, -0.25) is 4.57 Å². The summed E-state index contributed by atoms with van der Waals surface area (Å²) in [5.74, 6) is 1.82. The third kappa shape index (κ3) is 2.78. The van der Waals surface area contributed by atoms with E-state index in [1.807, 2.05) is 24.5 Å². The van der Waals surface area contributed by atoms with Crippen LogP contribution in [0.4, 0.5) is 11.5 Å². The Balaban J connectivity index is 1.66. The molecule has 0 unspecified atom stereocenters. The molecule has 0 radical (unpaired) electrons. The van der Waals surface area contributed by atoms with Crippen LogP contribution in [0.1, 0.15) is 31.7 Å². The molecule has 0 bridgehead atoms. The van der Waals surface area contributed by atoms with Gasteiger partial charge in [-0.2, -0.15) is 4.98 Å². The van der Waals surface area contributed by atoms with Crippen LogP contribution in [-0.2, 0) is 0 Å². The number of nitrogens with zero attached hydrogens (tertiary/aromatic N) is 2. The number of thioether (sulfide) groups is 1. The largest absolute Gasteiger partial charge is 0.450 e. The van der Waals surface area contributed by atoms with Crippen LogP contribution in [0.3, 0.4) is 0 Å². The predicted octanol–water partition coefficient (Wildman–Crippen LogP) is 3.26. The van der Waals surface area contributed by atoms with Gasteiger partial charge in [0.15, 0.2) is 17.3 Å². The monoisotopic (exact) mass is 344 g/mol. The quantitative estimate of drug-likeness (QED) is 0.695. The van der Waals surface area contributed by atoms with Gasteiger partial charge in [0.1, 0.15) is 0 Å². The fourth-order valence-electron chi connectivity index (χ4n) is 3.33. The summed E-state index contributed by atoms with van der Waals surface area (Å²) in [5.41, 5.74) is 6.56. The number of fused-ring (bicyclic) bond motifs is 2. The summed E-state index contributed by atoms with van der Waals surface area (Å²) in [7, 11) is 0. The van der Waals surface area contributed by atoms with E-state index in [-0.39, 0.29) is 17.8 Å². The molecule has 1 aromatic carbocycles. The topological polar surface area (TPSA) is 82.2 Å². The predicted molar refractivity (Wildman–Crippen MR) is 95.6 cm³/mol. The number of rotatable bonds is 2. The van der Waals surface area contributed by atoms with E-state index in [9.17, 15) is 4.79 Å².